The third-order valence-corrected chi connectivity index (χ3v) is 3.23. The Morgan fingerprint density at radius 3 is 2.62 bits per heavy atom. The maximum Gasteiger partial charge on any atom is 0.0584 e. The Morgan fingerprint density at radius 1 is 1.31 bits per heavy atom. The van der Waals surface area contributed by atoms with Gasteiger partial charge in [0.1, 0.15) is 0 Å². The lowest BCUT2D eigenvalue weighted by atomic mass is 10.2. The first kappa shape index (κ1) is 13.3. The number of hydrogen-bond acceptors (Lipinski definition) is 3. The van der Waals surface area contributed by atoms with Crippen molar-refractivity contribution in [2.45, 2.75) is 38.6 Å². The molecule has 0 bridgehead atoms. The molecule has 0 aliphatic carbocycles. The summed E-state index contributed by atoms with van der Waals surface area (Å²) in [6, 6.07) is 0.290. The Kier molecular flexibility index (Phi) is 10.6. The van der Waals surface area contributed by atoms with Gasteiger partial charge in [0.25, 0.3) is 0 Å². The molecule has 1 atom stereocenters. The fourth-order valence-corrected chi connectivity index (χ4v) is 2.17. The summed E-state index contributed by atoms with van der Waals surface area (Å²) in [6.07, 6.45) is 5.06. The second kappa shape index (κ2) is 10.4. The minimum absolute atomic E-state index is 0.256. The van der Waals surface area contributed by atoms with Gasteiger partial charge in [0.05, 0.1) is 6.61 Å². The van der Waals surface area contributed by atoms with Crippen LogP contribution in [0.5, 0.6) is 0 Å². The topological polar surface area (TPSA) is 32.3 Å². The van der Waals surface area contributed by atoms with Crippen molar-refractivity contribution in [1.29, 1.82) is 0 Å². The van der Waals surface area contributed by atoms with Crippen molar-refractivity contribution in [1.82, 2.24) is 5.32 Å². The molecule has 2 N–H and O–H groups in total. The van der Waals surface area contributed by atoms with Crippen LogP contribution in [0.3, 0.4) is 0 Å². The van der Waals surface area contributed by atoms with Gasteiger partial charge in [-0.2, -0.15) is 11.8 Å². The molecule has 1 unspecified atom stereocenters. The summed E-state index contributed by atoms with van der Waals surface area (Å²) >= 11 is 2.00. The highest BCUT2D eigenvalue weighted by Gasteiger charge is 2.02. The molecule has 0 aromatic heterocycles. The van der Waals surface area contributed by atoms with E-state index in [1.165, 1.54) is 25.0 Å². The molecular formula is C10H23NOS. The van der Waals surface area contributed by atoms with E-state index in [9.17, 15) is 0 Å². The van der Waals surface area contributed by atoms with Crippen molar-refractivity contribution < 1.29 is 5.11 Å². The predicted octanol–water partition coefficient (Wildman–Crippen LogP) is 1.88. The molecule has 80 valence electrons. The van der Waals surface area contributed by atoms with Crippen LogP contribution < -0.4 is 5.32 Å². The molecule has 0 heterocycles. The van der Waals surface area contributed by atoms with Crippen LogP contribution in [-0.4, -0.2) is 36.3 Å². The highest BCUT2D eigenvalue weighted by molar-refractivity contribution is 7.99. The van der Waals surface area contributed by atoms with E-state index < -0.39 is 0 Å². The van der Waals surface area contributed by atoms with Gasteiger partial charge in [-0.15, -0.1) is 0 Å². The molecule has 2 nitrogen and oxygen atoms in total. The van der Waals surface area contributed by atoms with Gasteiger partial charge >= 0.3 is 0 Å². The van der Waals surface area contributed by atoms with Crippen LogP contribution in [0.4, 0.5) is 0 Å². The maximum atomic E-state index is 8.90. The Hall–Kier alpha value is 0.270. The molecule has 0 rings (SSSR count). The normalized spacial score (nSPS) is 13.2. The quantitative estimate of drug-likeness (QED) is 0.564. The van der Waals surface area contributed by atoms with Crippen molar-refractivity contribution in [3.63, 3.8) is 0 Å². The summed E-state index contributed by atoms with van der Waals surface area (Å²) in [4.78, 5) is 0. The molecule has 0 spiro atoms. The molecule has 0 saturated heterocycles. The first-order valence-corrected chi connectivity index (χ1v) is 6.36. The largest absolute Gasteiger partial charge is 0.395 e. The number of rotatable bonds is 9. The van der Waals surface area contributed by atoms with E-state index in [-0.39, 0.29) is 6.61 Å². The predicted molar refractivity (Wildman–Crippen MR) is 61.4 cm³/mol. The van der Waals surface area contributed by atoms with Crippen molar-refractivity contribution >= 4 is 11.8 Å². The van der Waals surface area contributed by atoms with Crippen LogP contribution >= 0.6 is 11.8 Å². The second-order valence-corrected chi connectivity index (χ2v) is 4.50. The van der Waals surface area contributed by atoms with E-state index >= 15 is 0 Å². The number of unbranched alkanes of at least 4 members (excludes halogenated alkanes) is 2. The summed E-state index contributed by atoms with van der Waals surface area (Å²) in [5.41, 5.74) is 0. The summed E-state index contributed by atoms with van der Waals surface area (Å²) in [6.45, 7) is 2.49. The smallest absolute Gasteiger partial charge is 0.0584 e. The molecule has 0 aliphatic heterocycles. The van der Waals surface area contributed by atoms with Gasteiger partial charge in [-0.05, 0) is 31.4 Å². The van der Waals surface area contributed by atoms with Gasteiger partial charge in [0.15, 0.2) is 0 Å². The highest BCUT2D eigenvalue weighted by atomic mass is 32.2. The number of hydrogen-bond donors (Lipinski definition) is 2. The number of thioether (sulfide) groups is 1. The SMILES string of the molecule is CCCCCSCCC(CO)NC. The average molecular weight is 205 g/mol. The molecule has 0 aromatic rings. The summed E-state index contributed by atoms with van der Waals surface area (Å²) in [5, 5.41) is 12.0. The first-order valence-electron chi connectivity index (χ1n) is 5.21. The van der Waals surface area contributed by atoms with Gasteiger partial charge in [-0.3, -0.25) is 0 Å². The lowest BCUT2D eigenvalue weighted by Crippen LogP contribution is -2.29. The molecule has 3 heteroatoms. The number of nitrogens with one attached hydrogen (secondary N) is 1. The molecule has 0 aromatic carbocycles. The van der Waals surface area contributed by atoms with Crippen LogP contribution in [0.15, 0.2) is 0 Å². The number of aliphatic hydroxyl groups excluding tert-OH is 1. The van der Waals surface area contributed by atoms with Gasteiger partial charge in [-0.1, -0.05) is 19.8 Å². The molecule has 0 radical (unpaired) electrons. The van der Waals surface area contributed by atoms with E-state index in [0.29, 0.717) is 6.04 Å². The fourth-order valence-electron chi connectivity index (χ4n) is 1.11. The van der Waals surface area contributed by atoms with E-state index in [0.717, 1.165) is 12.2 Å². The Labute approximate surface area is 86.5 Å². The van der Waals surface area contributed by atoms with Crippen molar-refractivity contribution in [3.05, 3.63) is 0 Å². The van der Waals surface area contributed by atoms with Crippen LogP contribution in [0.1, 0.15) is 32.6 Å². The highest BCUT2D eigenvalue weighted by Crippen LogP contribution is 2.08. The minimum atomic E-state index is 0.256. The Bertz CT molecular complexity index is 96.9. The van der Waals surface area contributed by atoms with Crippen molar-refractivity contribution in [3.8, 4) is 0 Å². The van der Waals surface area contributed by atoms with Gasteiger partial charge in [0, 0.05) is 6.04 Å². The van der Waals surface area contributed by atoms with E-state index in [1.807, 2.05) is 18.8 Å². The number of aliphatic hydroxyl groups is 1. The number of likely N-dealkylation sites (N-methyl/N-ethyl adjacent to an activating group) is 1. The van der Waals surface area contributed by atoms with Gasteiger partial charge in [0.2, 0.25) is 0 Å². The molecule has 0 saturated carbocycles. The molecule has 13 heavy (non-hydrogen) atoms. The Balaban J connectivity index is 3.05. The lowest BCUT2D eigenvalue weighted by Gasteiger charge is -2.11. The van der Waals surface area contributed by atoms with Crippen molar-refractivity contribution in [2.75, 3.05) is 25.2 Å². The molecular weight excluding hydrogens is 182 g/mol. The molecule has 0 fully saturated rings. The third kappa shape index (κ3) is 8.60. The summed E-state index contributed by atoms with van der Waals surface area (Å²) < 4.78 is 0. The van der Waals surface area contributed by atoms with Crippen LogP contribution in [0.25, 0.3) is 0 Å². The Morgan fingerprint density at radius 2 is 2.08 bits per heavy atom. The average Bonchev–Trinajstić information content (AvgIpc) is 2.17. The lowest BCUT2D eigenvalue weighted by molar-refractivity contribution is 0.246. The van der Waals surface area contributed by atoms with Gasteiger partial charge < -0.3 is 10.4 Å². The van der Waals surface area contributed by atoms with Crippen LogP contribution in [-0.2, 0) is 0 Å². The van der Waals surface area contributed by atoms with Crippen LogP contribution in [0, 0.1) is 0 Å². The van der Waals surface area contributed by atoms with E-state index in [4.69, 9.17) is 5.11 Å². The van der Waals surface area contributed by atoms with E-state index in [2.05, 4.69) is 12.2 Å². The summed E-state index contributed by atoms with van der Waals surface area (Å²) in [7, 11) is 1.91. The zero-order valence-electron chi connectivity index (χ0n) is 8.88. The zero-order chi connectivity index (χ0) is 9.94. The van der Waals surface area contributed by atoms with E-state index in [1.54, 1.807) is 0 Å². The third-order valence-electron chi connectivity index (χ3n) is 2.13. The zero-order valence-corrected chi connectivity index (χ0v) is 9.70. The monoisotopic (exact) mass is 205 g/mol. The van der Waals surface area contributed by atoms with Gasteiger partial charge in [-0.25, -0.2) is 0 Å². The van der Waals surface area contributed by atoms with Crippen LogP contribution in [0.2, 0.25) is 0 Å². The molecule has 0 aliphatic rings. The van der Waals surface area contributed by atoms with Crippen molar-refractivity contribution in [2.24, 2.45) is 0 Å². The molecule has 0 amide bonds. The fraction of sp³-hybridized carbons (Fsp3) is 1.00. The first-order chi connectivity index (χ1) is 6.35. The standard InChI is InChI=1S/C10H23NOS/c1-3-4-5-7-13-8-6-10(9-12)11-2/h10-12H,3-9H2,1-2H3. The minimum Gasteiger partial charge on any atom is -0.395 e. The second-order valence-electron chi connectivity index (χ2n) is 3.28. The summed E-state index contributed by atoms with van der Waals surface area (Å²) in [5.74, 6) is 2.44. The maximum absolute atomic E-state index is 8.90.